The van der Waals surface area contributed by atoms with Gasteiger partial charge >= 0.3 is 0 Å². The van der Waals surface area contributed by atoms with E-state index in [9.17, 15) is 8.78 Å². The van der Waals surface area contributed by atoms with Crippen molar-refractivity contribution in [3.05, 3.63) is 274 Å². The summed E-state index contributed by atoms with van der Waals surface area (Å²) in [5.41, 5.74) is 21.2. The van der Waals surface area contributed by atoms with Crippen LogP contribution >= 0.6 is 0 Å². The molecule has 392 valence electrons. The van der Waals surface area contributed by atoms with Crippen molar-refractivity contribution in [2.45, 2.75) is 80.1 Å². The van der Waals surface area contributed by atoms with Crippen LogP contribution in [0.4, 0.5) is 8.78 Å². The van der Waals surface area contributed by atoms with Gasteiger partial charge in [0.15, 0.2) is 0 Å². The van der Waals surface area contributed by atoms with Gasteiger partial charge in [0, 0.05) is 16.8 Å². The molecule has 1 aliphatic rings. The number of hydrogen-bond acceptors (Lipinski definition) is 2. The molecule has 0 N–H and O–H groups in total. The molecule has 0 aromatic heterocycles. The summed E-state index contributed by atoms with van der Waals surface area (Å²) in [6.45, 7) is 24.4. The first-order valence-electron chi connectivity index (χ1n) is 27.2. The Hall–Kier alpha value is -8.34. The standard InChI is InChI=1S/C32H32.C24H20.C18H18F2O2/c1-5-25-7-11-27(12-8-25)15-17-29-19-23(3)22-32-30(20-24(4)21-31(29)32)18-16-28-13-9-26(6-2)10-14-28;1-15-21-5-3-4-6-22(21)16(2)24-14-20(11-12-23(15)24)19-10-8-17-7-9-18(17)13-19;1-4-6-21-16-10-12(2)9-15-14(16)8-13(3)11-17(15)22-7-5-18(19)20/h5-14,19-22H,1-2,15-18H2,3-4H3;3-6,8,10-14H,7,9H2,1-2H3;4-5,8-11H,1,6-7H2,2-3H3. The molecular weight excluding hydrogens is 959 g/mol. The van der Waals surface area contributed by atoms with Crippen molar-refractivity contribution in [3.63, 3.8) is 0 Å². The van der Waals surface area contributed by atoms with Crippen molar-refractivity contribution in [2.24, 2.45) is 0 Å². The third-order valence-corrected chi connectivity index (χ3v) is 15.2. The van der Waals surface area contributed by atoms with E-state index in [0.717, 1.165) is 59.4 Å². The lowest BCUT2D eigenvalue weighted by molar-refractivity contribution is 0.347. The van der Waals surface area contributed by atoms with Crippen LogP contribution in [0.15, 0.2) is 196 Å². The summed E-state index contributed by atoms with van der Waals surface area (Å²) in [6.07, 6.45) is 11.2. The van der Waals surface area contributed by atoms with Crippen LogP contribution in [0.25, 0.3) is 66.4 Å². The van der Waals surface area contributed by atoms with Crippen molar-refractivity contribution in [2.75, 3.05) is 13.2 Å². The summed E-state index contributed by atoms with van der Waals surface area (Å²) in [6, 6.07) is 57.4. The van der Waals surface area contributed by atoms with Gasteiger partial charge in [-0.1, -0.05) is 176 Å². The van der Waals surface area contributed by atoms with E-state index in [0.29, 0.717) is 12.4 Å². The summed E-state index contributed by atoms with van der Waals surface area (Å²) < 4.78 is 35.5. The van der Waals surface area contributed by atoms with E-state index in [1.807, 2.05) is 50.3 Å². The predicted octanol–water partition coefficient (Wildman–Crippen LogP) is 19.9. The molecule has 0 aliphatic heterocycles. The van der Waals surface area contributed by atoms with Crippen LogP contribution in [0.2, 0.25) is 0 Å². The van der Waals surface area contributed by atoms with Gasteiger partial charge in [-0.05, 0) is 221 Å². The Kier molecular flexibility index (Phi) is 17.3. The summed E-state index contributed by atoms with van der Waals surface area (Å²) in [5, 5.41) is 10.1. The zero-order valence-corrected chi connectivity index (χ0v) is 46.2. The Balaban J connectivity index is 0.000000145. The summed E-state index contributed by atoms with van der Waals surface area (Å²) in [4.78, 5) is 0. The Labute approximate surface area is 460 Å². The van der Waals surface area contributed by atoms with Crippen LogP contribution in [0.3, 0.4) is 0 Å². The third kappa shape index (κ3) is 12.7. The molecule has 0 saturated carbocycles. The molecule has 0 atom stereocenters. The second-order valence-corrected chi connectivity index (χ2v) is 20.9. The first-order chi connectivity index (χ1) is 37.8. The highest BCUT2D eigenvalue weighted by molar-refractivity contribution is 6.06. The Morgan fingerprint density at radius 3 is 1.35 bits per heavy atom. The maximum atomic E-state index is 12.2. The lowest BCUT2D eigenvalue weighted by Crippen LogP contribution is -2.07. The fourth-order valence-electron chi connectivity index (χ4n) is 11.0. The average Bonchev–Trinajstić information content (AvgIpc) is 3.60. The molecule has 0 spiro atoms. The Bertz CT molecular complexity index is 3770. The lowest BCUT2D eigenvalue weighted by atomic mass is 9.85. The predicted molar refractivity (Wildman–Crippen MR) is 330 cm³/mol. The lowest BCUT2D eigenvalue weighted by Gasteiger charge is -2.20. The van der Waals surface area contributed by atoms with Crippen molar-refractivity contribution in [1.29, 1.82) is 0 Å². The van der Waals surface area contributed by atoms with Gasteiger partial charge in [0.1, 0.15) is 24.7 Å². The zero-order chi connectivity index (χ0) is 54.9. The first-order valence-corrected chi connectivity index (χ1v) is 27.2. The minimum Gasteiger partial charge on any atom is -0.489 e. The van der Waals surface area contributed by atoms with Gasteiger partial charge in [-0.15, -0.1) is 0 Å². The molecule has 0 unspecified atom stereocenters. The van der Waals surface area contributed by atoms with E-state index in [2.05, 4.69) is 181 Å². The number of halogens is 2. The molecule has 10 aromatic rings. The monoisotopic (exact) mass is 1030 g/mol. The van der Waals surface area contributed by atoms with Gasteiger partial charge in [0.05, 0.1) is 0 Å². The molecule has 0 amide bonds. The zero-order valence-electron chi connectivity index (χ0n) is 46.2. The topological polar surface area (TPSA) is 18.5 Å². The van der Waals surface area contributed by atoms with Gasteiger partial charge in [-0.25, -0.2) is 0 Å². The molecule has 0 fully saturated rings. The summed E-state index contributed by atoms with van der Waals surface area (Å²) >= 11 is 0. The fourth-order valence-corrected chi connectivity index (χ4v) is 11.0. The minimum absolute atomic E-state index is 0.169. The van der Waals surface area contributed by atoms with Crippen molar-refractivity contribution >= 4 is 55.2 Å². The van der Waals surface area contributed by atoms with E-state index in [4.69, 9.17) is 9.47 Å². The van der Waals surface area contributed by atoms with E-state index >= 15 is 0 Å². The molecule has 0 bridgehead atoms. The SMILES string of the molecule is C=CCOc1cc(C)cc2c(OCC=C(F)F)cc(C)cc12.C=Cc1ccc(CCc2cc(C)cc3c(CCc4ccc(C=C)cc4)cc(C)cc23)cc1.Cc1c2ccccc2c(C)c2cc(-c3ccc4c(c3)CC4)ccc12. The van der Waals surface area contributed by atoms with Gasteiger partial charge < -0.3 is 9.47 Å². The van der Waals surface area contributed by atoms with Crippen LogP contribution in [-0.2, 0) is 38.5 Å². The Morgan fingerprint density at radius 2 is 0.872 bits per heavy atom. The number of ether oxygens (including phenoxy) is 2. The van der Waals surface area contributed by atoms with E-state index in [1.165, 1.54) is 123 Å². The molecular formula is C74H70F2O2. The molecule has 78 heavy (non-hydrogen) atoms. The Morgan fingerprint density at radius 1 is 0.423 bits per heavy atom. The third-order valence-electron chi connectivity index (χ3n) is 15.2. The number of fused-ring (bicyclic) bond motifs is 5. The van der Waals surface area contributed by atoms with Gasteiger partial charge in [-0.2, -0.15) is 8.78 Å². The number of aryl methyl sites for hydroxylation is 12. The molecule has 2 nitrogen and oxygen atoms in total. The van der Waals surface area contributed by atoms with Crippen LogP contribution in [0.5, 0.6) is 11.5 Å². The molecule has 0 radical (unpaired) electrons. The number of benzene rings is 10. The van der Waals surface area contributed by atoms with E-state index < -0.39 is 6.08 Å². The van der Waals surface area contributed by atoms with Crippen molar-refractivity contribution in [1.82, 2.24) is 0 Å². The summed E-state index contributed by atoms with van der Waals surface area (Å²) in [7, 11) is 0. The normalized spacial score (nSPS) is 11.4. The van der Waals surface area contributed by atoms with Crippen molar-refractivity contribution < 1.29 is 18.3 Å². The van der Waals surface area contributed by atoms with Gasteiger partial charge in [0.25, 0.3) is 6.08 Å². The van der Waals surface area contributed by atoms with E-state index in [-0.39, 0.29) is 6.61 Å². The largest absolute Gasteiger partial charge is 0.489 e. The molecule has 1 aliphatic carbocycles. The molecule has 0 heterocycles. The second kappa shape index (κ2) is 24.8. The molecule has 4 heteroatoms. The highest BCUT2D eigenvalue weighted by Crippen LogP contribution is 2.38. The maximum Gasteiger partial charge on any atom is 0.269 e. The fraction of sp³-hybridized carbons (Fsp3) is 0.189. The highest BCUT2D eigenvalue weighted by Gasteiger charge is 2.16. The molecule has 11 rings (SSSR count). The first kappa shape index (κ1) is 54.4. The molecule has 0 saturated heterocycles. The van der Waals surface area contributed by atoms with Crippen LogP contribution in [0.1, 0.15) is 77.9 Å². The van der Waals surface area contributed by atoms with Crippen LogP contribution in [0, 0.1) is 41.5 Å². The second-order valence-electron chi connectivity index (χ2n) is 20.9. The summed E-state index contributed by atoms with van der Waals surface area (Å²) in [5.74, 6) is 1.30. The van der Waals surface area contributed by atoms with E-state index in [1.54, 1.807) is 6.08 Å². The van der Waals surface area contributed by atoms with Gasteiger partial charge in [-0.3, -0.25) is 0 Å². The highest BCUT2D eigenvalue weighted by atomic mass is 19.3. The number of rotatable bonds is 15. The smallest absolute Gasteiger partial charge is 0.269 e. The van der Waals surface area contributed by atoms with Crippen LogP contribution < -0.4 is 9.47 Å². The number of hydrogen-bond donors (Lipinski definition) is 0. The van der Waals surface area contributed by atoms with Crippen LogP contribution in [-0.4, -0.2) is 13.2 Å². The maximum absolute atomic E-state index is 12.2. The average molecular weight is 1030 g/mol. The van der Waals surface area contributed by atoms with Gasteiger partial charge in [0.2, 0.25) is 0 Å². The molecule has 10 aromatic carbocycles. The van der Waals surface area contributed by atoms with Crippen molar-refractivity contribution in [3.8, 4) is 22.6 Å². The quantitative estimate of drug-likeness (QED) is 0.0753. The minimum atomic E-state index is -1.75.